The van der Waals surface area contributed by atoms with Gasteiger partial charge in [-0.3, -0.25) is 4.79 Å². The van der Waals surface area contributed by atoms with Crippen LogP contribution in [0.15, 0.2) is 48.5 Å². The number of hydrogen-bond donors (Lipinski definition) is 1. The highest BCUT2D eigenvalue weighted by Gasteiger charge is 2.26. The molecule has 4 rings (SSSR count). The molecule has 0 spiro atoms. The van der Waals surface area contributed by atoms with Crippen molar-refractivity contribution in [3.8, 4) is 22.5 Å². The predicted octanol–water partition coefficient (Wildman–Crippen LogP) is 4.81. The zero-order valence-corrected chi connectivity index (χ0v) is 15.5. The number of rotatable bonds is 2. The molecule has 1 aromatic heterocycles. The molecule has 5 heteroatoms. The van der Waals surface area contributed by atoms with Crippen LogP contribution in [0.5, 0.6) is 0 Å². The average molecular weight is 348 g/mol. The van der Waals surface area contributed by atoms with Crippen LogP contribution in [0.4, 0.5) is 5.69 Å². The second-order valence-electron chi connectivity index (χ2n) is 5.93. The van der Waals surface area contributed by atoms with E-state index >= 15 is 0 Å². The van der Waals surface area contributed by atoms with E-state index in [0.29, 0.717) is 13.0 Å². The van der Waals surface area contributed by atoms with Gasteiger partial charge in [-0.1, -0.05) is 63.2 Å². The Kier molecular flexibility index (Phi) is 5.46. The number of nitrogens with zero attached hydrogens (tertiary/aromatic N) is 3. The van der Waals surface area contributed by atoms with Gasteiger partial charge in [-0.25, -0.2) is 0 Å². The first-order chi connectivity index (χ1) is 12.8. The highest BCUT2D eigenvalue weighted by atomic mass is 16.2. The zero-order chi connectivity index (χ0) is 18.5. The molecule has 1 amide bonds. The van der Waals surface area contributed by atoms with E-state index in [1.54, 1.807) is 0 Å². The van der Waals surface area contributed by atoms with Gasteiger partial charge in [-0.05, 0) is 18.1 Å². The Balaban J connectivity index is 0.000000948. The number of nitrogens with one attached hydrogen (secondary N) is 1. The number of amides is 1. The molecule has 0 fully saturated rings. The minimum Gasteiger partial charge on any atom is -0.307 e. The lowest BCUT2D eigenvalue weighted by atomic mass is 9.95. The van der Waals surface area contributed by atoms with Gasteiger partial charge in [-0.15, -0.1) is 0 Å². The van der Waals surface area contributed by atoms with Crippen molar-refractivity contribution in [3.05, 3.63) is 54.1 Å². The SMILES string of the molecule is CC.CCCC(=O)N1Cc2ccccc2-c2n[nH]nc2-c2ccccc21. The molecule has 0 radical (unpaired) electrons. The van der Waals surface area contributed by atoms with E-state index in [1.807, 2.05) is 74.2 Å². The normalized spacial score (nSPS) is 11.9. The molecule has 0 saturated heterocycles. The number of aromatic nitrogens is 3. The summed E-state index contributed by atoms with van der Waals surface area (Å²) in [5, 5.41) is 11.5. The van der Waals surface area contributed by atoms with Crippen LogP contribution in [0, 0.1) is 0 Å². The monoisotopic (exact) mass is 348 g/mol. The zero-order valence-electron chi connectivity index (χ0n) is 15.5. The summed E-state index contributed by atoms with van der Waals surface area (Å²) in [4.78, 5) is 14.6. The minimum absolute atomic E-state index is 0.131. The topological polar surface area (TPSA) is 61.9 Å². The van der Waals surface area contributed by atoms with E-state index in [9.17, 15) is 4.79 Å². The van der Waals surface area contributed by atoms with Crippen molar-refractivity contribution in [1.82, 2.24) is 15.4 Å². The molecule has 134 valence electrons. The first-order valence-corrected chi connectivity index (χ1v) is 9.18. The quantitative estimate of drug-likeness (QED) is 0.723. The van der Waals surface area contributed by atoms with Crippen LogP contribution >= 0.6 is 0 Å². The number of fused-ring (bicyclic) bond motifs is 5. The van der Waals surface area contributed by atoms with E-state index in [-0.39, 0.29) is 5.91 Å². The summed E-state index contributed by atoms with van der Waals surface area (Å²) in [7, 11) is 0. The van der Waals surface area contributed by atoms with Gasteiger partial charge in [0.15, 0.2) is 0 Å². The van der Waals surface area contributed by atoms with E-state index in [2.05, 4.69) is 15.4 Å². The molecule has 1 aliphatic heterocycles. The average Bonchev–Trinajstić information content (AvgIpc) is 3.16. The van der Waals surface area contributed by atoms with Gasteiger partial charge in [0.25, 0.3) is 0 Å². The second-order valence-corrected chi connectivity index (χ2v) is 5.93. The molecule has 0 bridgehead atoms. The number of hydrogen-bond acceptors (Lipinski definition) is 3. The summed E-state index contributed by atoms with van der Waals surface area (Å²) in [5.74, 6) is 0.131. The summed E-state index contributed by atoms with van der Waals surface area (Å²) in [5.41, 5.74) is 5.53. The van der Waals surface area contributed by atoms with Crippen molar-refractivity contribution in [2.45, 2.75) is 40.2 Å². The largest absolute Gasteiger partial charge is 0.307 e. The fraction of sp³-hybridized carbons (Fsp3) is 0.286. The summed E-state index contributed by atoms with van der Waals surface area (Å²) < 4.78 is 0. The van der Waals surface area contributed by atoms with Crippen LogP contribution in [-0.4, -0.2) is 21.3 Å². The Morgan fingerprint density at radius 2 is 1.62 bits per heavy atom. The van der Waals surface area contributed by atoms with Crippen molar-refractivity contribution < 1.29 is 4.79 Å². The fourth-order valence-electron chi connectivity index (χ4n) is 3.23. The number of carbonyl (C=O) groups is 1. The minimum atomic E-state index is 0.131. The van der Waals surface area contributed by atoms with Gasteiger partial charge in [0, 0.05) is 17.5 Å². The fourth-order valence-corrected chi connectivity index (χ4v) is 3.23. The molecule has 0 unspecified atom stereocenters. The Morgan fingerprint density at radius 1 is 1.00 bits per heavy atom. The lowest BCUT2D eigenvalue weighted by Crippen LogP contribution is -2.31. The van der Waals surface area contributed by atoms with Crippen LogP contribution in [0.3, 0.4) is 0 Å². The summed E-state index contributed by atoms with van der Waals surface area (Å²) in [6, 6.07) is 16.0. The third-order valence-electron chi connectivity index (χ3n) is 4.36. The number of carbonyl (C=O) groups excluding carboxylic acids is 1. The van der Waals surface area contributed by atoms with Crippen molar-refractivity contribution in [2.75, 3.05) is 4.90 Å². The van der Waals surface area contributed by atoms with Gasteiger partial charge in [-0.2, -0.15) is 15.4 Å². The van der Waals surface area contributed by atoms with Crippen molar-refractivity contribution in [2.24, 2.45) is 0 Å². The molecule has 26 heavy (non-hydrogen) atoms. The molecular formula is C21H24N4O. The maximum atomic E-state index is 12.8. The molecule has 2 aromatic carbocycles. The summed E-state index contributed by atoms with van der Waals surface area (Å²) in [6.07, 6.45) is 1.36. The van der Waals surface area contributed by atoms with Crippen LogP contribution in [0.25, 0.3) is 22.5 Å². The Hall–Kier alpha value is -2.95. The third-order valence-corrected chi connectivity index (χ3v) is 4.36. The van der Waals surface area contributed by atoms with E-state index in [4.69, 9.17) is 0 Å². The van der Waals surface area contributed by atoms with Gasteiger partial charge in [0.1, 0.15) is 11.4 Å². The molecule has 3 aromatic rings. The van der Waals surface area contributed by atoms with Crippen LogP contribution in [0.1, 0.15) is 39.2 Å². The van der Waals surface area contributed by atoms with Gasteiger partial charge in [0.05, 0.1) is 12.2 Å². The molecule has 0 atom stereocenters. The van der Waals surface area contributed by atoms with Gasteiger partial charge >= 0.3 is 0 Å². The number of aromatic amines is 1. The highest BCUT2D eigenvalue weighted by molar-refractivity contribution is 6.00. The number of H-pyrrole nitrogens is 1. The number of benzene rings is 2. The molecule has 0 aliphatic carbocycles. The predicted molar refractivity (Wildman–Crippen MR) is 105 cm³/mol. The maximum absolute atomic E-state index is 12.8. The first-order valence-electron chi connectivity index (χ1n) is 9.18. The number of para-hydroxylation sites is 1. The van der Waals surface area contributed by atoms with Crippen molar-refractivity contribution >= 4 is 11.6 Å². The van der Waals surface area contributed by atoms with Crippen LogP contribution in [0.2, 0.25) is 0 Å². The van der Waals surface area contributed by atoms with E-state index in [1.165, 1.54) is 0 Å². The second kappa shape index (κ2) is 7.95. The molecular weight excluding hydrogens is 324 g/mol. The highest BCUT2D eigenvalue weighted by Crippen LogP contribution is 2.39. The molecule has 2 heterocycles. The Labute approximate surface area is 154 Å². The Morgan fingerprint density at radius 3 is 2.35 bits per heavy atom. The smallest absolute Gasteiger partial charge is 0.227 e. The lowest BCUT2D eigenvalue weighted by Gasteiger charge is -2.28. The summed E-state index contributed by atoms with van der Waals surface area (Å²) >= 11 is 0. The molecule has 0 saturated carbocycles. The van der Waals surface area contributed by atoms with Gasteiger partial charge in [0.2, 0.25) is 5.91 Å². The molecule has 5 nitrogen and oxygen atoms in total. The third kappa shape index (κ3) is 3.12. The van der Waals surface area contributed by atoms with Crippen molar-refractivity contribution in [1.29, 1.82) is 0 Å². The summed E-state index contributed by atoms with van der Waals surface area (Å²) in [6.45, 7) is 6.57. The number of anilines is 1. The standard InChI is InChI=1S/C19H18N4O.C2H6/c1-2-7-17(24)23-12-13-8-3-4-9-14(13)18-19(21-22-20-18)15-10-5-6-11-16(15)23;1-2/h3-6,8-11H,2,7,12H2,1H3,(H,20,21,22);1-2H3. The molecule has 1 N–H and O–H groups in total. The lowest BCUT2D eigenvalue weighted by molar-refractivity contribution is -0.118. The first kappa shape index (κ1) is 17.9. The maximum Gasteiger partial charge on any atom is 0.227 e. The van der Waals surface area contributed by atoms with Crippen molar-refractivity contribution in [3.63, 3.8) is 0 Å². The van der Waals surface area contributed by atoms with Crippen LogP contribution in [-0.2, 0) is 11.3 Å². The van der Waals surface area contributed by atoms with Crippen LogP contribution < -0.4 is 4.90 Å². The molecule has 1 aliphatic rings. The van der Waals surface area contributed by atoms with E-state index in [0.717, 1.165) is 40.2 Å². The van der Waals surface area contributed by atoms with Gasteiger partial charge < -0.3 is 4.90 Å². The van der Waals surface area contributed by atoms with E-state index < -0.39 is 0 Å². The Bertz CT molecular complexity index is 900.